The van der Waals surface area contributed by atoms with Gasteiger partial charge in [-0.25, -0.2) is 9.78 Å². The molecular formula is C14H20N2O2. The van der Waals surface area contributed by atoms with Crippen molar-refractivity contribution in [2.24, 2.45) is 5.92 Å². The molecule has 1 aromatic rings. The molecule has 4 nitrogen and oxygen atoms in total. The number of aryl methyl sites for hydroxylation is 1. The van der Waals surface area contributed by atoms with Gasteiger partial charge in [0.05, 0.1) is 11.3 Å². The van der Waals surface area contributed by atoms with Crippen LogP contribution < -0.4 is 4.90 Å². The third kappa shape index (κ3) is 2.63. The Morgan fingerprint density at radius 3 is 2.67 bits per heavy atom. The van der Waals surface area contributed by atoms with Gasteiger partial charge in [-0.3, -0.25) is 0 Å². The van der Waals surface area contributed by atoms with Crippen molar-refractivity contribution >= 4 is 11.8 Å². The molecule has 2 rings (SSSR count). The van der Waals surface area contributed by atoms with Gasteiger partial charge in [0, 0.05) is 13.1 Å². The average molecular weight is 248 g/mol. The number of rotatable bonds is 5. The second kappa shape index (κ2) is 5.38. The minimum atomic E-state index is -0.909. The third-order valence-electron chi connectivity index (χ3n) is 3.71. The zero-order valence-corrected chi connectivity index (χ0v) is 11.0. The summed E-state index contributed by atoms with van der Waals surface area (Å²) in [6, 6.07) is 3.47. The molecule has 0 aromatic carbocycles. The molecule has 1 aliphatic carbocycles. The summed E-state index contributed by atoms with van der Waals surface area (Å²) >= 11 is 0. The van der Waals surface area contributed by atoms with Gasteiger partial charge in [-0.05, 0) is 44.7 Å². The number of hydrogen-bond donors (Lipinski definition) is 1. The molecule has 0 aliphatic heterocycles. The van der Waals surface area contributed by atoms with Gasteiger partial charge in [-0.15, -0.1) is 0 Å². The van der Waals surface area contributed by atoms with Gasteiger partial charge in [-0.2, -0.15) is 0 Å². The molecule has 0 saturated heterocycles. The number of anilines is 1. The number of aromatic nitrogens is 1. The van der Waals surface area contributed by atoms with Crippen LogP contribution in [-0.4, -0.2) is 29.1 Å². The summed E-state index contributed by atoms with van der Waals surface area (Å²) in [4.78, 5) is 17.6. The van der Waals surface area contributed by atoms with Crippen molar-refractivity contribution < 1.29 is 9.90 Å². The number of pyridine rings is 1. The lowest BCUT2D eigenvalue weighted by Crippen LogP contribution is -2.33. The van der Waals surface area contributed by atoms with Gasteiger partial charge in [0.2, 0.25) is 0 Å². The molecule has 98 valence electrons. The molecule has 0 radical (unpaired) electrons. The first-order chi connectivity index (χ1) is 8.61. The Kier molecular flexibility index (Phi) is 3.84. The van der Waals surface area contributed by atoms with Crippen molar-refractivity contribution in [2.45, 2.75) is 33.1 Å². The van der Waals surface area contributed by atoms with Crippen molar-refractivity contribution in [1.29, 1.82) is 0 Å². The van der Waals surface area contributed by atoms with Crippen molar-refractivity contribution in [3.63, 3.8) is 0 Å². The summed E-state index contributed by atoms with van der Waals surface area (Å²) in [7, 11) is 0. The molecule has 0 amide bonds. The van der Waals surface area contributed by atoms with Crippen LogP contribution in [0.15, 0.2) is 12.1 Å². The van der Waals surface area contributed by atoms with E-state index in [1.54, 1.807) is 13.0 Å². The molecule has 0 bridgehead atoms. The SMILES string of the molecule is CCN(CC1CCC1)c1ccc(C(=O)O)c(C)n1. The van der Waals surface area contributed by atoms with Crippen LogP contribution in [0.3, 0.4) is 0 Å². The number of hydrogen-bond acceptors (Lipinski definition) is 3. The molecule has 1 saturated carbocycles. The van der Waals surface area contributed by atoms with Crippen LogP contribution in [0.2, 0.25) is 0 Å². The second-order valence-corrected chi connectivity index (χ2v) is 4.94. The van der Waals surface area contributed by atoms with E-state index in [0.717, 1.165) is 24.8 Å². The molecule has 0 atom stereocenters. The number of carbonyl (C=O) groups is 1. The van der Waals surface area contributed by atoms with Crippen molar-refractivity contribution in [3.05, 3.63) is 23.4 Å². The van der Waals surface area contributed by atoms with E-state index in [4.69, 9.17) is 5.11 Å². The van der Waals surface area contributed by atoms with E-state index in [2.05, 4.69) is 16.8 Å². The fraction of sp³-hybridized carbons (Fsp3) is 0.571. The zero-order valence-electron chi connectivity index (χ0n) is 11.0. The molecule has 1 aromatic heterocycles. The monoisotopic (exact) mass is 248 g/mol. The lowest BCUT2D eigenvalue weighted by molar-refractivity contribution is 0.0695. The molecule has 0 spiro atoms. The van der Waals surface area contributed by atoms with Gasteiger partial charge < -0.3 is 10.0 Å². The number of aromatic carboxylic acids is 1. The molecule has 1 aliphatic rings. The van der Waals surface area contributed by atoms with Crippen LogP contribution in [0.25, 0.3) is 0 Å². The van der Waals surface area contributed by atoms with Crippen LogP contribution in [-0.2, 0) is 0 Å². The van der Waals surface area contributed by atoms with Gasteiger partial charge in [0.1, 0.15) is 5.82 Å². The van der Waals surface area contributed by atoms with E-state index in [1.165, 1.54) is 19.3 Å². The zero-order chi connectivity index (χ0) is 13.1. The first kappa shape index (κ1) is 12.9. The van der Waals surface area contributed by atoms with Gasteiger partial charge >= 0.3 is 5.97 Å². The van der Waals surface area contributed by atoms with Crippen LogP contribution >= 0.6 is 0 Å². The Morgan fingerprint density at radius 1 is 1.50 bits per heavy atom. The first-order valence-electron chi connectivity index (χ1n) is 6.57. The van der Waals surface area contributed by atoms with Crippen LogP contribution in [0, 0.1) is 12.8 Å². The summed E-state index contributed by atoms with van der Waals surface area (Å²) in [6.45, 7) is 5.82. The molecular weight excluding hydrogens is 228 g/mol. The highest BCUT2D eigenvalue weighted by Crippen LogP contribution is 2.28. The number of nitrogens with zero attached hydrogens (tertiary/aromatic N) is 2. The minimum Gasteiger partial charge on any atom is -0.478 e. The standard InChI is InChI=1S/C14H20N2O2/c1-3-16(9-11-5-4-6-11)13-8-7-12(14(17)18)10(2)15-13/h7-8,11H,3-6,9H2,1-2H3,(H,17,18). The quantitative estimate of drug-likeness (QED) is 0.870. The molecule has 0 unspecified atom stereocenters. The van der Waals surface area contributed by atoms with Crippen molar-refractivity contribution in [2.75, 3.05) is 18.0 Å². The Hall–Kier alpha value is -1.58. The summed E-state index contributed by atoms with van der Waals surface area (Å²) in [5, 5.41) is 8.99. The molecule has 1 N–H and O–H groups in total. The highest BCUT2D eigenvalue weighted by atomic mass is 16.4. The minimum absolute atomic E-state index is 0.290. The number of carboxylic acids is 1. The van der Waals surface area contributed by atoms with Crippen LogP contribution in [0.5, 0.6) is 0 Å². The maximum atomic E-state index is 11.0. The predicted octanol–water partition coefficient (Wildman–Crippen LogP) is 2.71. The average Bonchev–Trinajstić information content (AvgIpc) is 2.27. The fourth-order valence-electron chi connectivity index (χ4n) is 2.32. The first-order valence-corrected chi connectivity index (χ1v) is 6.57. The lowest BCUT2D eigenvalue weighted by Gasteiger charge is -2.32. The third-order valence-corrected chi connectivity index (χ3v) is 3.71. The smallest absolute Gasteiger partial charge is 0.337 e. The molecule has 1 heterocycles. The lowest BCUT2D eigenvalue weighted by atomic mass is 9.85. The largest absolute Gasteiger partial charge is 0.478 e. The van der Waals surface area contributed by atoms with Crippen molar-refractivity contribution in [1.82, 2.24) is 4.98 Å². The topological polar surface area (TPSA) is 53.4 Å². The Bertz CT molecular complexity index is 441. The van der Waals surface area contributed by atoms with Crippen LogP contribution in [0.1, 0.15) is 42.2 Å². The van der Waals surface area contributed by atoms with E-state index >= 15 is 0 Å². The molecule has 1 fully saturated rings. The fourth-order valence-corrected chi connectivity index (χ4v) is 2.32. The summed E-state index contributed by atoms with van der Waals surface area (Å²) < 4.78 is 0. The highest BCUT2D eigenvalue weighted by molar-refractivity contribution is 5.89. The van der Waals surface area contributed by atoms with Crippen LogP contribution in [0.4, 0.5) is 5.82 Å². The van der Waals surface area contributed by atoms with Gasteiger partial charge in [0.15, 0.2) is 0 Å². The van der Waals surface area contributed by atoms with E-state index in [1.807, 2.05) is 6.07 Å². The van der Waals surface area contributed by atoms with Gasteiger partial charge in [0.25, 0.3) is 0 Å². The van der Waals surface area contributed by atoms with Crippen molar-refractivity contribution in [3.8, 4) is 0 Å². The summed E-state index contributed by atoms with van der Waals surface area (Å²) in [5.74, 6) is 0.770. The Balaban J connectivity index is 2.14. The summed E-state index contributed by atoms with van der Waals surface area (Å²) in [6.07, 6.45) is 3.96. The predicted molar refractivity (Wildman–Crippen MR) is 71.2 cm³/mol. The maximum absolute atomic E-state index is 11.0. The number of carboxylic acid groups (broad SMARTS) is 1. The summed E-state index contributed by atoms with van der Waals surface area (Å²) in [5.41, 5.74) is 0.880. The highest BCUT2D eigenvalue weighted by Gasteiger charge is 2.21. The molecule has 4 heteroatoms. The Morgan fingerprint density at radius 2 is 2.22 bits per heavy atom. The van der Waals surface area contributed by atoms with E-state index in [-0.39, 0.29) is 0 Å². The van der Waals surface area contributed by atoms with Gasteiger partial charge in [-0.1, -0.05) is 6.42 Å². The molecule has 18 heavy (non-hydrogen) atoms. The normalized spacial score (nSPS) is 15.2. The van der Waals surface area contributed by atoms with E-state index in [9.17, 15) is 4.79 Å². The van der Waals surface area contributed by atoms with E-state index < -0.39 is 5.97 Å². The Labute approximate surface area is 108 Å². The maximum Gasteiger partial charge on any atom is 0.337 e. The van der Waals surface area contributed by atoms with E-state index in [0.29, 0.717) is 11.3 Å². The second-order valence-electron chi connectivity index (χ2n) is 4.94.